The van der Waals surface area contributed by atoms with Gasteiger partial charge in [0.1, 0.15) is 6.61 Å². The lowest BCUT2D eigenvalue weighted by Gasteiger charge is -2.36. The van der Waals surface area contributed by atoms with Crippen LogP contribution in [0.15, 0.2) is 65.8 Å². The molecule has 0 aromatic heterocycles. The van der Waals surface area contributed by atoms with Crippen molar-refractivity contribution in [1.82, 2.24) is 4.90 Å². The standard InChI is InChI=1S/C27H26FN5O5S/c1-18-25(14-19(16-30-31-29)15-26(18)38-39(28,35)36)32-10-12-33(13-11-32)27(34)37-17-24-22-8-4-2-6-20(22)21-7-3-5-9-23(21)24/h2-9,14-15,24H,10-13,16-17H2,1H3. The van der Waals surface area contributed by atoms with Crippen LogP contribution in [-0.4, -0.2) is 52.2 Å². The molecule has 0 N–H and O–H groups in total. The number of carbonyl (C=O) groups is 1. The molecular weight excluding hydrogens is 525 g/mol. The van der Waals surface area contributed by atoms with Gasteiger partial charge in [-0.2, -0.15) is 8.42 Å². The zero-order valence-electron chi connectivity index (χ0n) is 21.2. The van der Waals surface area contributed by atoms with E-state index in [4.69, 9.17) is 10.3 Å². The van der Waals surface area contributed by atoms with E-state index in [1.165, 1.54) is 6.07 Å². The van der Waals surface area contributed by atoms with Gasteiger partial charge >= 0.3 is 16.6 Å². The van der Waals surface area contributed by atoms with Crippen molar-refractivity contribution in [2.45, 2.75) is 19.4 Å². The predicted octanol–water partition coefficient (Wildman–Crippen LogP) is 5.47. The number of fused-ring (bicyclic) bond motifs is 3. The maximum absolute atomic E-state index is 13.3. The van der Waals surface area contributed by atoms with Gasteiger partial charge < -0.3 is 18.7 Å². The lowest BCUT2D eigenvalue weighted by molar-refractivity contribution is 0.0976. The van der Waals surface area contributed by atoms with Gasteiger partial charge in [-0.1, -0.05) is 57.5 Å². The SMILES string of the molecule is Cc1c(OS(=O)(=O)F)cc(CN=[N+]=[N-])cc1N1CCN(C(=O)OCC2c3ccccc3-c3ccccc32)CC1. The predicted molar refractivity (Wildman–Crippen MR) is 144 cm³/mol. The Morgan fingerprint density at radius 2 is 1.67 bits per heavy atom. The molecule has 2 aliphatic rings. The van der Waals surface area contributed by atoms with E-state index in [1.54, 1.807) is 17.9 Å². The van der Waals surface area contributed by atoms with Crippen LogP contribution >= 0.6 is 0 Å². The van der Waals surface area contributed by atoms with Gasteiger partial charge in [0.15, 0.2) is 5.75 Å². The van der Waals surface area contributed by atoms with Crippen molar-refractivity contribution in [3.63, 3.8) is 0 Å². The number of azide groups is 1. The quantitative estimate of drug-likeness (QED) is 0.166. The Balaban J connectivity index is 1.26. The fourth-order valence-electron chi connectivity index (χ4n) is 5.27. The Morgan fingerprint density at radius 1 is 1.05 bits per heavy atom. The summed E-state index contributed by atoms with van der Waals surface area (Å²) < 4.78 is 45.9. The van der Waals surface area contributed by atoms with Crippen LogP contribution in [0.4, 0.5) is 14.4 Å². The first-order valence-electron chi connectivity index (χ1n) is 12.4. The molecule has 39 heavy (non-hydrogen) atoms. The van der Waals surface area contributed by atoms with E-state index in [0.717, 1.165) is 22.3 Å². The van der Waals surface area contributed by atoms with Gasteiger partial charge in [0.25, 0.3) is 0 Å². The summed E-state index contributed by atoms with van der Waals surface area (Å²) in [5.74, 6) is -0.216. The van der Waals surface area contributed by atoms with Gasteiger partial charge in [0, 0.05) is 48.3 Å². The Bertz CT molecular complexity index is 1520. The number of carbonyl (C=O) groups excluding carboxylic acids is 1. The number of halogens is 1. The number of hydrogen-bond donors (Lipinski definition) is 0. The number of benzene rings is 3. The van der Waals surface area contributed by atoms with Crippen molar-refractivity contribution in [2.24, 2.45) is 5.11 Å². The van der Waals surface area contributed by atoms with Crippen LogP contribution in [0, 0.1) is 6.92 Å². The van der Waals surface area contributed by atoms with Crippen LogP contribution in [0.25, 0.3) is 21.6 Å². The second-order valence-electron chi connectivity index (χ2n) is 9.38. The number of nitrogens with zero attached hydrogens (tertiary/aromatic N) is 5. The molecule has 1 amide bonds. The summed E-state index contributed by atoms with van der Waals surface area (Å²) in [5, 5.41) is 3.51. The van der Waals surface area contributed by atoms with E-state index in [0.29, 0.717) is 43.0 Å². The lowest BCUT2D eigenvalue weighted by atomic mass is 9.98. The van der Waals surface area contributed by atoms with Crippen molar-refractivity contribution in [2.75, 3.05) is 37.7 Å². The molecule has 10 nitrogen and oxygen atoms in total. The Kier molecular flexibility index (Phi) is 7.32. The van der Waals surface area contributed by atoms with Gasteiger partial charge in [-0.3, -0.25) is 0 Å². The number of rotatable bonds is 7. The third-order valence-electron chi connectivity index (χ3n) is 7.11. The number of piperazine rings is 1. The van der Waals surface area contributed by atoms with Gasteiger partial charge in [-0.05, 0) is 52.4 Å². The van der Waals surface area contributed by atoms with Crippen LogP contribution in [0.1, 0.15) is 28.2 Å². The van der Waals surface area contributed by atoms with E-state index >= 15 is 0 Å². The molecule has 1 fully saturated rings. The highest BCUT2D eigenvalue weighted by molar-refractivity contribution is 7.81. The van der Waals surface area contributed by atoms with Crippen molar-refractivity contribution in [1.29, 1.82) is 0 Å². The second-order valence-corrected chi connectivity index (χ2v) is 10.3. The largest absolute Gasteiger partial charge is 0.488 e. The van der Waals surface area contributed by atoms with Crippen LogP contribution in [0.2, 0.25) is 0 Å². The highest BCUT2D eigenvalue weighted by Crippen LogP contribution is 2.44. The summed E-state index contributed by atoms with van der Waals surface area (Å²) in [5.41, 5.74) is 14.7. The molecule has 0 saturated carbocycles. The molecular formula is C27H26FN5O5S. The summed E-state index contributed by atoms with van der Waals surface area (Å²) in [6.45, 7) is 3.38. The molecule has 1 saturated heterocycles. The van der Waals surface area contributed by atoms with Crippen LogP contribution < -0.4 is 9.08 Å². The Morgan fingerprint density at radius 3 is 2.26 bits per heavy atom. The molecule has 12 heteroatoms. The smallest absolute Gasteiger partial charge is 0.448 e. The highest BCUT2D eigenvalue weighted by Gasteiger charge is 2.31. The zero-order valence-corrected chi connectivity index (χ0v) is 22.0. The van der Waals surface area contributed by atoms with E-state index in [9.17, 15) is 17.1 Å². The first-order valence-corrected chi connectivity index (χ1v) is 13.7. The molecule has 202 valence electrons. The third kappa shape index (κ3) is 5.62. The number of hydrogen-bond acceptors (Lipinski definition) is 7. The molecule has 5 rings (SSSR count). The highest BCUT2D eigenvalue weighted by atomic mass is 32.3. The molecule has 0 spiro atoms. The molecule has 0 unspecified atom stereocenters. The topological polar surface area (TPSA) is 125 Å². The summed E-state index contributed by atoms with van der Waals surface area (Å²) in [4.78, 5) is 19.3. The first-order chi connectivity index (χ1) is 18.7. The molecule has 1 heterocycles. The minimum atomic E-state index is -5.25. The van der Waals surface area contributed by atoms with Gasteiger partial charge in [0.2, 0.25) is 0 Å². The second kappa shape index (κ2) is 10.8. The van der Waals surface area contributed by atoms with Crippen LogP contribution in [-0.2, 0) is 21.8 Å². The Hall–Kier alpha value is -4.28. The van der Waals surface area contributed by atoms with Crippen molar-refractivity contribution < 1.29 is 26.0 Å². The maximum Gasteiger partial charge on any atom is 0.488 e. The van der Waals surface area contributed by atoms with Crippen molar-refractivity contribution in [3.05, 3.63) is 93.4 Å². The molecule has 0 atom stereocenters. The number of anilines is 1. The van der Waals surface area contributed by atoms with Gasteiger partial charge in [-0.15, -0.1) is 0 Å². The van der Waals surface area contributed by atoms with Crippen LogP contribution in [0.5, 0.6) is 5.75 Å². The van der Waals surface area contributed by atoms with E-state index in [1.807, 2.05) is 29.2 Å². The van der Waals surface area contributed by atoms with Crippen LogP contribution in [0.3, 0.4) is 0 Å². The fraction of sp³-hybridized carbons (Fsp3) is 0.296. The van der Waals surface area contributed by atoms with Crippen molar-refractivity contribution >= 4 is 22.3 Å². The average molecular weight is 552 g/mol. The van der Waals surface area contributed by atoms with Gasteiger partial charge in [-0.25, -0.2) is 4.79 Å². The first kappa shape index (κ1) is 26.3. The van der Waals surface area contributed by atoms with E-state index in [2.05, 4.69) is 38.5 Å². The fourth-order valence-corrected chi connectivity index (χ4v) is 5.66. The van der Waals surface area contributed by atoms with Crippen molar-refractivity contribution in [3.8, 4) is 16.9 Å². The molecule has 1 aliphatic heterocycles. The number of amides is 1. The number of ether oxygens (including phenoxy) is 1. The van der Waals surface area contributed by atoms with E-state index in [-0.39, 0.29) is 24.8 Å². The molecule has 3 aromatic carbocycles. The average Bonchev–Trinajstić information content (AvgIpc) is 3.25. The minimum absolute atomic E-state index is 0.0331. The summed E-state index contributed by atoms with van der Waals surface area (Å²) in [7, 11) is -5.25. The zero-order chi connectivity index (χ0) is 27.6. The summed E-state index contributed by atoms with van der Waals surface area (Å²) in [6, 6.07) is 19.4. The minimum Gasteiger partial charge on any atom is -0.448 e. The summed E-state index contributed by atoms with van der Waals surface area (Å²) in [6.07, 6.45) is -0.405. The summed E-state index contributed by atoms with van der Waals surface area (Å²) >= 11 is 0. The third-order valence-corrected chi connectivity index (χ3v) is 7.49. The monoisotopic (exact) mass is 551 g/mol. The maximum atomic E-state index is 13.3. The lowest BCUT2D eigenvalue weighted by Crippen LogP contribution is -2.49. The molecule has 0 radical (unpaired) electrons. The molecule has 3 aromatic rings. The normalized spacial score (nSPS) is 14.8. The Labute approximate surface area is 225 Å². The van der Waals surface area contributed by atoms with Gasteiger partial charge in [0.05, 0.1) is 6.54 Å². The molecule has 0 bridgehead atoms. The molecule has 1 aliphatic carbocycles. The van der Waals surface area contributed by atoms with E-state index < -0.39 is 16.6 Å².